The summed E-state index contributed by atoms with van der Waals surface area (Å²) in [5.41, 5.74) is 1.26. The molecule has 2 rings (SSSR count). The van der Waals surface area contributed by atoms with Gasteiger partial charge in [-0.15, -0.1) is 0 Å². The maximum Gasteiger partial charge on any atom is 0.338 e. The number of aromatic nitrogens is 2. The minimum Gasteiger partial charge on any atom is -0.462 e. The summed E-state index contributed by atoms with van der Waals surface area (Å²) in [5, 5.41) is 0.908. The van der Waals surface area contributed by atoms with Gasteiger partial charge in [-0.2, -0.15) is 0 Å². The molecule has 0 aliphatic rings. The van der Waals surface area contributed by atoms with Crippen molar-refractivity contribution in [1.82, 2.24) is 9.97 Å². The molecule has 0 radical (unpaired) electrons. The second kappa shape index (κ2) is 4.04. The van der Waals surface area contributed by atoms with Crippen LogP contribution in [0, 0.1) is 0 Å². The second-order valence-corrected chi connectivity index (χ2v) is 3.02. The van der Waals surface area contributed by atoms with E-state index in [1.54, 1.807) is 25.3 Å². The summed E-state index contributed by atoms with van der Waals surface area (Å²) in [5.74, 6) is -0.321. The van der Waals surface area contributed by atoms with E-state index < -0.39 is 0 Å². The highest BCUT2D eigenvalue weighted by Crippen LogP contribution is 2.12. The van der Waals surface area contributed by atoms with Gasteiger partial charge in [-0.3, -0.25) is 0 Å². The molecule has 0 N–H and O–H groups in total. The predicted octanol–water partition coefficient (Wildman–Crippen LogP) is 1.81. The quantitative estimate of drug-likeness (QED) is 0.697. The Hall–Kier alpha value is -1.97. The summed E-state index contributed by atoms with van der Waals surface area (Å²) >= 11 is 0. The van der Waals surface area contributed by atoms with Crippen LogP contribution in [0.2, 0.25) is 0 Å². The molecule has 15 heavy (non-hydrogen) atoms. The van der Waals surface area contributed by atoms with Crippen LogP contribution in [0.25, 0.3) is 10.9 Å². The Morgan fingerprint density at radius 2 is 2.33 bits per heavy atom. The van der Waals surface area contributed by atoms with Crippen LogP contribution < -0.4 is 0 Å². The number of carbonyl (C=O) groups excluding carboxylic acids is 1. The summed E-state index contributed by atoms with van der Waals surface area (Å²) in [6.07, 6.45) is 3.16. The standard InChI is InChI=1S/C11H10N2O2/c1-2-15-11(14)8-3-4-9-6-12-7-13-10(9)5-8/h3-7H,2H2,1H3. The third-order valence-electron chi connectivity index (χ3n) is 2.02. The van der Waals surface area contributed by atoms with Gasteiger partial charge in [0.15, 0.2) is 0 Å². The van der Waals surface area contributed by atoms with Crippen LogP contribution in [0.1, 0.15) is 17.3 Å². The van der Waals surface area contributed by atoms with E-state index in [2.05, 4.69) is 9.97 Å². The third kappa shape index (κ3) is 1.93. The molecule has 2 aromatic rings. The molecule has 0 amide bonds. The summed E-state index contributed by atoms with van der Waals surface area (Å²) in [7, 11) is 0. The van der Waals surface area contributed by atoms with Crippen molar-refractivity contribution >= 4 is 16.9 Å². The van der Waals surface area contributed by atoms with E-state index >= 15 is 0 Å². The van der Waals surface area contributed by atoms with Crippen LogP contribution in [-0.2, 0) is 4.74 Å². The van der Waals surface area contributed by atoms with Gasteiger partial charge in [0.2, 0.25) is 0 Å². The lowest BCUT2D eigenvalue weighted by Crippen LogP contribution is -2.04. The maximum absolute atomic E-state index is 11.4. The number of hydrogen-bond acceptors (Lipinski definition) is 4. The van der Waals surface area contributed by atoms with E-state index in [1.165, 1.54) is 6.33 Å². The highest BCUT2D eigenvalue weighted by molar-refractivity contribution is 5.93. The normalized spacial score (nSPS) is 10.2. The van der Waals surface area contributed by atoms with E-state index in [0.717, 1.165) is 10.9 Å². The summed E-state index contributed by atoms with van der Waals surface area (Å²) in [6, 6.07) is 5.22. The van der Waals surface area contributed by atoms with Gasteiger partial charge in [-0.25, -0.2) is 14.8 Å². The second-order valence-electron chi connectivity index (χ2n) is 3.02. The lowest BCUT2D eigenvalue weighted by atomic mass is 10.1. The van der Waals surface area contributed by atoms with Crippen molar-refractivity contribution in [2.75, 3.05) is 6.61 Å². The van der Waals surface area contributed by atoms with Crippen LogP contribution in [0.4, 0.5) is 0 Å². The highest BCUT2D eigenvalue weighted by atomic mass is 16.5. The van der Waals surface area contributed by atoms with Gasteiger partial charge in [0, 0.05) is 11.6 Å². The van der Waals surface area contributed by atoms with E-state index in [1.807, 2.05) is 6.07 Å². The van der Waals surface area contributed by atoms with Crippen LogP contribution in [0.5, 0.6) is 0 Å². The van der Waals surface area contributed by atoms with Crippen molar-refractivity contribution in [2.24, 2.45) is 0 Å². The molecular formula is C11H10N2O2. The van der Waals surface area contributed by atoms with Crippen molar-refractivity contribution in [1.29, 1.82) is 0 Å². The van der Waals surface area contributed by atoms with E-state index in [0.29, 0.717) is 12.2 Å². The van der Waals surface area contributed by atoms with Gasteiger partial charge in [0.1, 0.15) is 6.33 Å². The van der Waals surface area contributed by atoms with Crippen LogP contribution in [0.3, 0.4) is 0 Å². The van der Waals surface area contributed by atoms with E-state index in [9.17, 15) is 4.79 Å². The fraction of sp³-hybridized carbons (Fsp3) is 0.182. The average molecular weight is 202 g/mol. The molecular weight excluding hydrogens is 192 g/mol. The fourth-order valence-corrected chi connectivity index (χ4v) is 1.32. The lowest BCUT2D eigenvalue weighted by molar-refractivity contribution is 0.0526. The first-order chi connectivity index (χ1) is 7.31. The van der Waals surface area contributed by atoms with Crippen molar-refractivity contribution in [3.63, 3.8) is 0 Å². The SMILES string of the molecule is CCOC(=O)c1ccc2cncnc2c1. The van der Waals surface area contributed by atoms with Gasteiger partial charge >= 0.3 is 5.97 Å². The first kappa shape index (κ1) is 9.58. The number of esters is 1. The summed E-state index contributed by atoms with van der Waals surface area (Å²) in [6.45, 7) is 2.15. The Bertz CT molecular complexity index is 497. The number of ether oxygens (including phenoxy) is 1. The maximum atomic E-state index is 11.4. The Morgan fingerprint density at radius 1 is 1.47 bits per heavy atom. The van der Waals surface area contributed by atoms with Gasteiger partial charge in [-0.1, -0.05) is 6.07 Å². The number of fused-ring (bicyclic) bond motifs is 1. The Kier molecular flexibility index (Phi) is 2.58. The molecule has 4 heteroatoms. The molecule has 76 valence electrons. The van der Waals surface area contributed by atoms with Crippen molar-refractivity contribution in [3.8, 4) is 0 Å². The van der Waals surface area contributed by atoms with Crippen LogP contribution in [0.15, 0.2) is 30.7 Å². The minimum atomic E-state index is -0.321. The molecule has 1 aromatic carbocycles. The van der Waals surface area contributed by atoms with Gasteiger partial charge < -0.3 is 4.74 Å². The van der Waals surface area contributed by atoms with Crippen molar-refractivity contribution < 1.29 is 9.53 Å². The smallest absolute Gasteiger partial charge is 0.338 e. The third-order valence-corrected chi connectivity index (χ3v) is 2.02. The molecule has 0 saturated heterocycles. The summed E-state index contributed by atoms with van der Waals surface area (Å²) < 4.78 is 4.89. The lowest BCUT2D eigenvalue weighted by Gasteiger charge is -2.02. The zero-order valence-electron chi connectivity index (χ0n) is 8.30. The minimum absolute atomic E-state index is 0.321. The highest BCUT2D eigenvalue weighted by Gasteiger charge is 2.06. The van der Waals surface area contributed by atoms with Crippen molar-refractivity contribution in [3.05, 3.63) is 36.3 Å². The molecule has 1 heterocycles. The number of benzene rings is 1. The van der Waals surface area contributed by atoms with Crippen molar-refractivity contribution in [2.45, 2.75) is 6.92 Å². The molecule has 0 atom stereocenters. The van der Waals surface area contributed by atoms with Crippen LogP contribution in [-0.4, -0.2) is 22.5 Å². The molecule has 0 aliphatic carbocycles. The molecule has 0 unspecified atom stereocenters. The molecule has 0 spiro atoms. The van der Waals surface area contributed by atoms with E-state index in [-0.39, 0.29) is 5.97 Å². The molecule has 1 aromatic heterocycles. The monoisotopic (exact) mass is 202 g/mol. The first-order valence-corrected chi connectivity index (χ1v) is 4.68. The van der Waals surface area contributed by atoms with Gasteiger partial charge in [0.25, 0.3) is 0 Å². The number of carbonyl (C=O) groups is 1. The first-order valence-electron chi connectivity index (χ1n) is 4.68. The molecule has 0 aliphatic heterocycles. The Balaban J connectivity index is 2.42. The Labute approximate surface area is 86.9 Å². The zero-order chi connectivity index (χ0) is 10.7. The Morgan fingerprint density at radius 3 is 3.13 bits per heavy atom. The zero-order valence-corrected chi connectivity index (χ0v) is 8.30. The average Bonchev–Trinajstić information content (AvgIpc) is 2.29. The van der Waals surface area contributed by atoms with E-state index in [4.69, 9.17) is 4.74 Å². The van der Waals surface area contributed by atoms with Crippen LogP contribution >= 0.6 is 0 Å². The largest absolute Gasteiger partial charge is 0.462 e. The van der Waals surface area contributed by atoms with Gasteiger partial charge in [-0.05, 0) is 19.1 Å². The fourth-order valence-electron chi connectivity index (χ4n) is 1.32. The number of rotatable bonds is 2. The topological polar surface area (TPSA) is 52.1 Å². The molecule has 0 fully saturated rings. The summed E-state index contributed by atoms with van der Waals surface area (Å²) in [4.78, 5) is 19.4. The number of hydrogen-bond donors (Lipinski definition) is 0. The molecule has 0 bridgehead atoms. The predicted molar refractivity (Wildman–Crippen MR) is 55.5 cm³/mol. The molecule has 0 saturated carbocycles. The number of nitrogens with zero attached hydrogens (tertiary/aromatic N) is 2. The molecule has 4 nitrogen and oxygen atoms in total. The van der Waals surface area contributed by atoms with Gasteiger partial charge in [0.05, 0.1) is 17.7 Å².